The first-order valence-corrected chi connectivity index (χ1v) is 12.8. The van der Waals surface area contributed by atoms with Gasteiger partial charge in [-0.1, -0.05) is 48.4 Å². The van der Waals surface area contributed by atoms with E-state index in [1.165, 1.54) is 12.1 Å². The Morgan fingerprint density at radius 2 is 1.76 bits per heavy atom. The second-order valence-electron chi connectivity index (χ2n) is 9.43. The molecule has 6 nitrogen and oxygen atoms in total. The van der Waals surface area contributed by atoms with E-state index in [2.05, 4.69) is 20.2 Å². The smallest absolute Gasteiger partial charge is 0.270 e. The Morgan fingerprint density at radius 3 is 2.43 bits per heavy atom. The number of fused-ring (bicyclic) bond motifs is 1. The number of rotatable bonds is 7. The fourth-order valence-corrected chi connectivity index (χ4v) is 5.24. The molecule has 9 heteroatoms. The SMILES string of the molecule is CC(F)(F)c1ccc(C(CNC(=O)c2cn(-c3ncccn3)c3cccc(Cl)c23)N2CCCCC2)cc1. The van der Waals surface area contributed by atoms with Crippen molar-refractivity contribution in [2.45, 2.75) is 38.2 Å². The average molecular weight is 524 g/mol. The van der Waals surface area contributed by atoms with Crippen molar-refractivity contribution < 1.29 is 13.6 Å². The molecule has 1 atom stereocenters. The first-order chi connectivity index (χ1) is 17.8. The van der Waals surface area contributed by atoms with Crippen LogP contribution in [-0.2, 0) is 5.92 Å². The number of hydrogen-bond donors (Lipinski definition) is 1. The van der Waals surface area contributed by atoms with Crippen molar-refractivity contribution in [2.24, 2.45) is 0 Å². The summed E-state index contributed by atoms with van der Waals surface area (Å²) in [6.45, 7) is 3.01. The molecule has 4 aromatic rings. The van der Waals surface area contributed by atoms with Crippen LogP contribution in [0.15, 0.2) is 67.1 Å². The summed E-state index contributed by atoms with van der Waals surface area (Å²) >= 11 is 6.54. The molecule has 0 radical (unpaired) electrons. The van der Waals surface area contributed by atoms with Gasteiger partial charge in [-0.15, -0.1) is 0 Å². The normalized spacial score (nSPS) is 15.6. The van der Waals surface area contributed by atoms with Gasteiger partial charge in [-0.05, 0) is 49.7 Å². The minimum atomic E-state index is -2.90. The standard InChI is InChI=1S/C28H28ClF2N5O/c1-28(30,31)20-11-9-19(10-12-20)24(35-15-3-2-4-16-35)17-34-26(37)21-18-36(27-32-13-6-14-33-27)23-8-5-7-22(29)25(21)23/h5-14,18,24H,2-4,15-17H2,1H3,(H,34,37). The molecule has 0 bridgehead atoms. The lowest BCUT2D eigenvalue weighted by molar-refractivity contribution is 0.0174. The van der Waals surface area contributed by atoms with Crippen LogP contribution in [-0.4, -0.2) is 45.0 Å². The molecular weight excluding hydrogens is 496 g/mol. The van der Waals surface area contributed by atoms with Gasteiger partial charge in [0.25, 0.3) is 11.8 Å². The van der Waals surface area contributed by atoms with Gasteiger partial charge < -0.3 is 5.32 Å². The molecule has 192 valence electrons. The molecule has 1 amide bonds. The molecule has 1 N–H and O–H groups in total. The Bertz CT molecular complexity index is 1380. The van der Waals surface area contributed by atoms with Gasteiger partial charge >= 0.3 is 0 Å². The topological polar surface area (TPSA) is 63.1 Å². The van der Waals surface area contributed by atoms with Crippen molar-refractivity contribution in [1.82, 2.24) is 24.8 Å². The Balaban J connectivity index is 1.44. The number of alkyl halides is 2. The average Bonchev–Trinajstić information content (AvgIpc) is 3.31. The second kappa shape index (κ2) is 10.6. The molecule has 1 saturated heterocycles. The Kier molecular flexibility index (Phi) is 7.22. The largest absolute Gasteiger partial charge is 0.350 e. The number of piperidine rings is 1. The highest BCUT2D eigenvalue weighted by atomic mass is 35.5. The maximum atomic E-state index is 13.8. The Labute approximate surface area is 219 Å². The number of aromatic nitrogens is 3. The monoisotopic (exact) mass is 523 g/mol. The van der Waals surface area contributed by atoms with Gasteiger partial charge in [-0.3, -0.25) is 14.3 Å². The first kappa shape index (κ1) is 25.3. The van der Waals surface area contributed by atoms with Crippen LogP contribution in [0.5, 0.6) is 0 Å². The molecule has 0 saturated carbocycles. The van der Waals surface area contributed by atoms with Crippen LogP contribution < -0.4 is 5.32 Å². The van der Waals surface area contributed by atoms with Gasteiger partial charge in [-0.25, -0.2) is 18.7 Å². The third-order valence-corrected chi connectivity index (χ3v) is 7.20. The molecule has 2 aromatic heterocycles. The number of carbonyl (C=O) groups excluding carboxylic acids is 1. The summed E-state index contributed by atoms with van der Waals surface area (Å²) in [5, 5.41) is 4.16. The highest BCUT2D eigenvalue weighted by Gasteiger charge is 2.27. The van der Waals surface area contributed by atoms with Crippen molar-refractivity contribution in [3.63, 3.8) is 0 Å². The summed E-state index contributed by atoms with van der Waals surface area (Å²) in [6, 6.07) is 13.5. The van der Waals surface area contributed by atoms with E-state index < -0.39 is 5.92 Å². The maximum Gasteiger partial charge on any atom is 0.270 e. The van der Waals surface area contributed by atoms with Crippen LogP contribution in [0.25, 0.3) is 16.9 Å². The van der Waals surface area contributed by atoms with E-state index in [9.17, 15) is 13.6 Å². The van der Waals surface area contributed by atoms with Crippen LogP contribution in [0.3, 0.4) is 0 Å². The zero-order valence-corrected chi connectivity index (χ0v) is 21.3. The number of amides is 1. The van der Waals surface area contributed by atoms with Crippen LogP contribution in [0.1, 0.15) is 53.7 Å². The molecule has 1 aliphatic heterocycles. The highest BCUT2D eigenvalue weighted by molar-refractivity contribution is 6.37. The fraction of sp³-hybridized carbons (Fsp3) is 0.321. The minimum Gasteiger partial charge on any atom is -0.350 e. The number of nitrogens with zero attached hydrogens (tertiary/aromatic N) is 4. The van der Waals surface area contributed by atoms with E-state index in [4.69, 9.17) is 11.6 Å². The lowest BCUT2D eigenvalue weighted by Gasteiger charge is -2.35. The van der Waals surface area contributed by atoms with E-state index in [-0.39, 0.29) is 17.5 Å². The van der Waals surface area contributed by atoms with E-state index in [0.717, 1.165) is 50.4 Å². The Morgan fingerprint density at radius 1 is 1.05 bits per heavy atom. The van der Waals surface area contributed by atoms with Gasteiger partial charge in [-0.2, -0.15) is 0 Å². The van der Waals surface area contributed by atoms with Crippen molar-refractivity contribution in [3.8, 4) is 5.95 Å². The first-order valence-electron chi connectivity index (χ1n) is 12.4. The summed E-state index contributed by atoms with van der Waals surface area (Å²) in [5.74, 6) is -2.73. The van der Waals surface area contributed by atoms with Crippen molar-refractivity contribution in [3.05, 3.63) is 88.8 Å². The number of likely N-dealkylation sites (tertiary alicyclic amines) is 1. The Hall–Kier alpha value is -3.36. The molecule has 37 heavy (non-hydrogen) atoms. The molecule has 1 fully saturated rings. The molecule has 0 spiro atoms. The zero-order valence-electron chi connectivity index (χ0n) is 20.5. The van der Waals surface area contributed by atoms with E-state index in [0.29, 0.717) is 28.5 Å². The van der Waals surface area contributed by atoms with Crippen LogP contribution >= 0.6 is 11.6 Å². The quantitative estimate of drug-likeness (QED) is 0.316. The molecular formula is C28H28ClF2N5O. The highest BCUT2D eigenvalue weighted by Crippen LogP contribution is 2.32. The van der Waals surface area contributed by atoms with E-state index in [1.807, 2.05) is 12.1 Å². The molecule has 5 rings (SSSR count). The summed E-state index contributed by atoms with van der Waals surface area (Å²) in [6.07, 6.45) is 8.28. The lowest BCUT2D eigenvalue weighted by Crippen LogP contribution is -2.40. The van der Waals surface area contributed by atoms with E-state index >= 15 is 0 Å². The molecule has 0 aliphatic carbocycles. The van der Waals surface area contributed by atoms with Crippen LogP contribution in [0, 0.1) is 0 Å². The molecule has 2 aromatic carbocycles. The zero-order chi connectivity index (χ0) is 26.0. The second-order valence-corrected chi connectivity index (χ2v) is 9.84. The van der Waals surface area contributed by atoms with Crippen molar-refractivity contribution >= 4 is 28.4 Å². The molecule has 3 heterocycles. The van der Waals surface area contributed by atoms with Gasteiger partial charge in [0.2, 0.25) is 5.95 Å². The third-order valence-electron chi connectivity index (χ3n) is 6.88. The molecule has 1 aliphatic rings. The van der Waals surface area contributed by atoms with Gasteiger partial charge in [0.15, 0.2) is 0 Å². The number of nitrogens with one attached hydrogen (secondary N) is 1. The van der Waals surface area contributed by atoms with Gasteiger partial charge in [0.1, 0.15) is 0 Å². The lowest BCUT2D eigenvalue weighted by atomic mass is 9.99. The van der Waals surface area contributed by atoms with Crippen molar-refractivity contribution in [2.75, 3.05) is 19.6 Å². The predicted molar refractivity (Wildman–Crippen MR) is 140 cm³/mol. The number of benzene rings is 2. The predicted octanol–water partition coefficient (Wildman–Crippen LogP) is 6.14. The van der Waals surface area contributed by atoms with Gasteiger partial charge in [0.05, 0.1) is 22.1 Å². The summed E-state index contributed by atoms with van der Waals surface area (Å²) in [5.41, 5.74) is 2.02. The van der Waals surface area contributed by atoms with E-state index in [1.54, 1.807) is 47.4 Å². The molecule has 1 unspecified atom stereocenters. The summed E-state index contributed by atoms with van der Waals surface area (Å²) in [7, 11) is 0. The fourth-order valence-electron chi connectivity index (χ4n) is 4.97. The summed E-state index contributed by atoms with van der Waals surface area (Å²) in [4.78, 5) is 24.5. The number of hydrogen-bond acceptors (Lipinski definition) is 4. The maximum absolute atomic E-state index is 13.8. The minimum absolute atomic E-state index is 0.0248. The summed E-state index contributed by atoms with van der Waals surface area (Å²) < 4.78 is 29.3. The number of carbonyl (C=O) groups is 1. The van der Waals surface area contributed by atoms with Gasteiger partial charge in [0, 0.05) is 43.0 Å². The third kappa shape index (κ3) is 5.36. The van der Waals surface area contributed by atoms with Crippen LogP contribution in [0.2, 0.25) is 5.02 Å². The van der Waals surface area contributed by atoms with Crippen molar-refractivity contribution in [1.29, 1.82) is 0 Å². The number of halogens is 3. The van der Waals surface area contributed by atoms with Crippen LogP contribution in [0.4, 0.5) is 8.78 Å².